The van der Waals surface area contributed by atoms with E-state index < -0.39 is 5.91 Å². The number of benzene rings is 2. The van der Waals surface area contributed by atoms with Crippen LogP contribution in [-0.4, -0.2) is 35.2 Å². The molecule has 0 saturated carbocycles. The molecule has 1 aromatic heterocycles. The van der Waals surface area contributed by atoms with Crippen molar-refractivity contribution in [2.75, 3.05) is 23.4 Å². The Bertz CT molecular complexity index is 1070. The van der Waals surface area contributed by atoms with E-state index in [2.05, 4.69) is 15.5 Å². The molecule has 154 valence electrons. The van der Waals surface area contributed by atoms with Gasteiger partial charge in [0.05, 0.1) is 5.92 Å². The number of nitrogens with one attached hydrogen (secondary N) is 1. The summed E-state index contributed by atoms with van der Waals surface area (Å²) >= 11 is 0. The van der Waals surface area contributed by atoms with Gasteiger partial charge >= 0.3 is 6.01 Å². The number of aryl methyl sites for hydroxylation is 1. The zero-order valence-electron chi connectivity index (χ0n) is 16.2. The summed E-state index contributed by atoms with van der Waals surface area (Å²) in [5.74, 6) is -0.382. The molecule has 1 saturated heterocycles. The number of amides is 2. The lowest BCUT2D eigenvalue weighted by atomic mass is 10.1. The van der Waals surface area contributed by atoms with Gasteiger partial charge in [0.15, 0.2) is 6.61 Å². The zero-order chi connectivity index (χ0) is 21.1. The fourth-order valence-electron chi connectivity index (χ4n) is 3.21. The summed E-state index contributed by atoms with van der Waals surface area (Å²) in [6.07, 6.45) is 0.184. The standard InChI is InChI=1S/C21H19FN4O4/c1-13-4-2-3-5-17(13)29-12-18(27)23-21-25-24-20(30-21)14-10-19(28)26(11-14)16-8-6-15(22)7-9-16/h2-9,14H,10-12H2,1H3,(H,23,25,27)/t14-/m1/s1. The fourth-order valence-corrected chi connectivity index (χ4v) is 3.21. The van der Waals surface area contributed by atoms with Crippen molar-refractivity contribution in [3.63, 3.8) is 0 Å². The number of hydrogen-bond acceptors (Lipinski definition) is 6. The van der Waals surface area contributed by atoms with Crippen molar-refractivity contribution in [3.05, 3.63) is 65.8 Å². The van der Waals surface area contributed by atoms with Crippen molar-refractivity contribution in [2.24, 2.45) is 0 Å². The van der Waals surface area contributed by atoms with Gasteiger partial charge in [0.25, 0.3) is 5.91 Å². The molecule has 1 fully saturated rings. The molecule has 4 rings (SSSR count). The Labute approximate surface area is 171 Å². The molecule has 2 heterocycles. The molecule has 2 amide bonds. The van der Waals surface area contributed by atoms with Crippen LogP contribution in [0.3, 0.4) is 0 Å². The van der Waals surface area contributed by atoms with Gasteiger partial charge in [-0.1, -0.05) is 23.3 Å². The second-order valence-electron chi connectivity index (χ2n) is 6.93. The van der Waals surface area contributed by atoms with E-state index in [1.54, 1.807) is 23.1 Å². The second-order valence-corrected chi connectivity index (χ2v) is 6.93. The van der Waals surface area contributed by atoms with Crippen LogP contribution in [0.15, 0.2) is 52.9 Å². The summed E-state index contributed by atoms with van der Waals surface area (Å²) in [6.45, 7) is 2.01. The van der Waals surface area contributed by atoms with Gasteiger partial charge in [-0.25, -0.2) is 4.39 Å². The third-order valence-corrected chi connectivity index (χ3v) is 4.75. The van der Waals surface area contributed by atoms with Crippen LogP contribution in [0.4, 0.5) is 16.1 Å². The topological polar surface area (TPSA) is 97.6 Å². The van der Waals surface area contributed by atoms with Crippen LogP contribution < -0.4 is 15.0 Å². The highest BCUT2D eigenvalue weighted by Crippen LogP contribution is 2.31. The molecule has 0 bridgehead atoms. The third kappa shape index (κ3) is 4.29. The maximum Gasteiger partial charge on any atom is 0.322 e. The molecule has 1 N–H and O–H groups in total. The van der Waals surface area contributed by atoms with Crippen LogP contribution in [0.5, 0.6) is 5.75 Å². The number of aromatic nitrogens is 2. The van der Waals surface area contributed by atoms with Crippen LogP contribution in [-0.2, 0) is 9.59 Å². The highest BCUT2D eigenvalue weighted by atomic mass is 19.1. The lowest BCUT2D eigenvalue weighted by Crippen LogP contribution is -2.24. The van der Waals surface area contributed by atoms with E-state index in [4.69, 9.17) is 9.15 Å². The molecule has 0 spiro atoms. The number of carbonyl (C=O) groups is 2. The monoisotopic (exact) mass is 410 g/mol. The Hall–Kier alpha value is -3.75. The number of carbonyl (C=O) groups excluding carboxylic acids is 2. The highest BCUT2D eigenvalue weighted by molar-refractivity contribution is 5.96. The summed E-state index contributed by atoms with van der Waals surface area (Å²) in [4.78, 5) is 26.0. The van der Waals surface area contributed by atoms with Crippen LogP contribution in [0.1, 0.15) is 23.8 Å². The Morgan fingerprint density at radius 3 is 2.77 bits per heavy atom. The van der Waals surface area contributed by atoms with Gasteiger partial charge in [-0.3, -0.25) is 14.9 Å². The number of rotatable bonds is 6. The molecule has 2 aromatic carbocycles. The van der Waals surface area contributed by atoms with Gasteiger partial charge in [-0.15, -0.1) is 5.10 Å². The van der Waals surface area contributed by atoms with E-state index in [1.165, 1.54) is 12.1 Å². The third-order valence-electron chi connectivity index (χ3n) is 4.75. The molecule has 1 atom stereocenters. The Morgan fingerprint density at radius 2 is 2.00 bits per heavy atom. The van der Waals surface area contributed by atoms with E-state index in [9.17, 15) is 14.0 Å². The molecule has 30 heavy (non-hydrogen) atoms. The second kappa shape index (κ2) is 8.32. The van der Waals surface area contributed by atoms with Crippen molar-refractivity contribution < 1.29 is 23.1 Å². The lowest BCUT2D eigenvalue weighted by Gasteiger charge is -2.15. The van der Waals surface area contributed by atoms with Crippen LogP contribution >= 0.6 is 0 Å². The zero-order valence-corrected chi connectivity index (χ0v) is 16.2. The minimum atomic E-state index is -0.441. The van der Waals surface area contributed by atoms with Crippen LogP contribution in [0, 0.1) is 12.7 Å². The number of para-hydroxylation sites is 1. The minimum absolute atomic E-state index is 0.0592. The van der Waals surface area contributed by atoms with E-state index >= 15 is 0 Å². The fraction of sp³-hybridized carbons (Fsp3) is 0.238. The summed E-state index contributed by atoms with van der Waals surface area (Å²) in [6, 6.07) is 13.0. The van der Waals surface area contributed by atoms with Gasteiger partial charge in [0, 0.05) is 18.7 Å². The molecular weight excluding hydrogens is 391 g/mol. The number of nitrogens with zero attached hydrogens (tertiary/aromatic N) is 3. The molecule has 0 radical (unpaired) electrons. The first-order valence-corrected chi connectivity index (χ1v) is 9.37. The van der Waals surface area contributed by atoms with Crippen LogP contribution in [0.25, 0.3) is 0 Å². The Morgan fingerprint density at radius 1 is 1.23 bits per heavy atom. The van der Waals surface area contributed by atoms with Gasteiger partial charge in [-0.2, -0.15) is 0 Å². The lowest BCUT2D eigenvalue weighted by molar-refractivity contribution is -0.118. The summed E-state index contributed by atoms with van der Waals surface area (Å²) < 4.78 is 24.1. The van der Waals surface area contributed by atoms with Crippen molar-refractivity contribution in [1.82, 2.24) is 10.2 Å². The summed E-state index contributed by atoms with van der Waals surface area (Å²) in [7, 11) is 0. The first-order chi connectivity index (χ1) is 14.5. The van der Waals surface area contributed by atoms with Crippen molar-refractivity contribution in [1.29, 1.82) is 0 Å². The molecule has 8 nitrogen and oxygen atoms in total. The highest BCUT2D eigenvalue weighted by Gasteiger charge is 2.35. The molecular formula is C21H19FN4O4. The first-order valence-electron chi connectivity index (χ1n) is 9.37. The number of hydrogen-bond donors (Lipinski definition) is 1. The molecule has 1 aliphatic heterocycles. The quantitative estimate of drug-likeness (QED) is 0.671. The molecule has 0 aliphatic carbocycles. The number of anilines is 2. The summed E-state index contributed by atoms with van der Waals surface area (Å²) in [5.41, 5.74) is 1.52. The van der Waals surface area contributed by atoms with E-state index in [-0.39, 0.29) is 42.6 Å². The Balaban J connectivity index is 1.35. The molecule has 0 unspecified atom stereocenters. The SMILES string of the molecule is Cc1ccccc1OCC(=O)Nc1nnc([C@@H]2CC(=O)N(c3ccc(F)cc3)C2)o1. The maximum absolute atomic E-state index is 13.1. The minimum Gasteiger partial charge on any atom is -0.483 e. The smallest absolute Gasteiger partial charge is 0.322 e. The Kier molecular flexibility index (Phi) is 5.42. The van der Waals surface area contributed by atoms with Gasteiger partial charge in [0.2, 0.25) is 11.8 Å². The van der Waals surface area contributed by atoms with Crippen LogP contribution in [0.2, 0.25) is 0 Å². The average molecular weight is 410 g/mol. The van der Waals surface area contributed by atoms with Gasteiger partial charge < -0.3 is 14.1 Å². The van der Waals surface area contributed by atoms with E-state index in [0.29, 0.717) is 18.0 Å². The maximum atomic E-state index is 13.1. The number of halogens is 1. The normalized spacial score (nSPS) is 16.0. The van der Waals surface area contributed by atoms with E-state index in [1.807, 2.05) is 25.1 Å². The predicted octanol–water partition coefficient (Wildman–Crippen LogP) is 3.06. The van der Waals surface area contributed by atoms with Crippen molar-refractivity contribution in [3.8, 4) is 5.75 Å². The van der Waals surface area contributed by atoms with Gasteiger partial charge in [0.1, 0.15) is 11.6 Å². The average Bonchev–Trinajstić information content (AvgIpc) is 3.34. The largest absolute Gasteiger partial charge is 0.483 e. The van der Waals surface area contributed by atoms with Crippen molar-refractivity contribution in [2.45, 2.75) is 19.3 Å². The van der Waals surface area contributed by atoms with Gasteiger partial charge in [-0.05, 0) is 42.8 Å². The molecule has 9 heteroatoms. The number of ether oxygens (including phenoxy) is 1. The predicted molar refractivity (Wildman–Crippen MR) is 106 cm³/mol. The first kappa shape index (κ1) is 19.6. The summed E-state index contributed by atoms with van der Waals surface area (Å²) in [5, 5.41) is 10.3. The van der Waals surface area contributed by atoms with E-state index in [0.717, 1.165) is 5.56 Å². The molecule has 3 aromatic rings. The molecule has 1 aliphatic rings. The van der Waals surface area contributed by atoms with Crippen molar-refractivity contribution >= 4 is 23.5 Å².